The van der Waals surface area contributed by atoms with Crippen molar-refractivity contribution < 1.29 is 18.4 Å². The number of carbonyl (C=O) groups is 1. The van der Waals surface area contributed by atoms with Crippen LogP contribution in [0.2, 0.25) is 0 Å². The Morgan fingerprint density at radius 2 is 1.89 bits per heavy atom. The third kappa shape index (κ3) is 4.15. The van der Waals surface area contributed by atoms with Gasteiger partial charge in [0.1, 0.15) is 11.5 Å². The molecule has 1 rings (SSSR count). The van der Waals surface area contributed by atoms with E-state index in [0.29, 0.717) is 5.56 Å². The highest BCUT2D eigenvalue weighted by molar-refractivity contribution is 7.92. The molecule has 0 aliphatic rings. The van der Waals surface area contributed by atoms with Gasteiger partial charge in [0.05, 0.1) is 5.75 Å². The van der Waals surface area contributed by atoms with Crippen LogP contribution in [0.1, 0.15) is 5.56 Å². The molecule has 1 aromatic rings. The fourth-order valence-electron chi connectivity index (χ4n) is 1.30. The molecular formula is C10H13N3O4S. The van der Waals surface area contributed by atoms with Crippen LogP contribution in [0.3, 0.4) is 0 Å². The maximum atomic E-state index is 11.6. The number of hydrogen-bond donors (Lipinski definition) is 3. The lowest BCUT2D eigenvalue weighted by atomic mass is 10.1. The molecule has 0 radical (unpaired) electrons. The van der Waals surface area contributed by atoms with Crippen LogP contribution in [0.4, 0.5) is 0 Å². The van der Waals surface area contributed by atoms with Gasteiger partial charge in [-0.3, -0.25) is 10.2 Å². The second-order valence-electron chi connectivity index (χ2n) is 3.51. The molecule has 0 unspecified atom stereocenters. The average Bonchev–Trinajstić information content (AvgIpc) is 2.36. The van der Waals surface area contributed by atoms with E-state index in [2.05, 4.69) is 5.16 Å². The minimum atomic E-state index is -3.74. The molecule has 0 aliphatic carbocycles. The van der Waals surface area contributed by atoms with E-state index in [1.54, 1.807) is 35.8 Å². The van der Waals surface area contributed by atoms with E-state index in [4.69, 9.17) is 11.0 Å². The summed E-state index contributed by atoms with van der Waals surface area (Å²) in [5.41, 5.74) is 2.17. The number of carbonyl (C=O) groups excluding carboxylic acids is 1. The Morgan fingerprint density at radius 3 is 2.39 bits per heavy atom. The highest BCUT2D eigenvalue weighted by Crippen LogP contribution is 2.04. The van der Waals surface area contributed by atoms with Crippen molar-refractivity contribution in [2.45, 2.75) is 0 Å². The summed E-state index contributed by atoms with van der Waals surface area (Å²) in [5, 5.41) is 11.8. The number of oxime groups is 1. The first-order chi connectivity index (χ1) is 8.48. The predicted octanol–water partition coefficient (Wildman–Crippen LogP) is -0.730. The number of hydrogen-bond acceptors (Lipinski definition) is 6. The third-order valence-electron chi connectivity index (χ3n) is 2.10. The van der Waals surface area contributed by atoms with Gasteiger partial charge in [0, 0.05) is 5.56 Å². The number of benzene rings is 1. The second kappa shape index (κ2) is 6.12. The third-order valence-corrected chi connectivity index (χ3v) is 3.51. The Morgan fingerprint density at radius 1 is 1.28 bits per heavy atom. The molecule has 1 amide bonds. The van der Waals surface area contributed by atoms with Gasteiger partial charge < -0.3 is 5.21 Å². The van der Waals surface area contributed by atoms with Crippen molar-refractivity contribution in [1.82, 2.24) is 5.43 Å². The van der Waals surface area contributed by atoms with Gasteiger partial charge in [-0.1, -0.05) is 35.5 Å². The van der Waals surface area contributed by atoms with Crippen molar-refractivity contribution in [2.75, 3.05) is 11.5 Å². The zero-order valence-electron chi connectivity index (χ0n) is 9.41. The van der Waals surface area contributed by atoms with E-state index < -0.39 is 27.3 Å². The van der Waals surface area contributed by atoms with Gasteiger partial charge in [0.25, 0.3) is 0 Å². The molecule has 0 heterocycles. The molecule has 4 N–H and O–H groups in total. The summed E-state index contributed by atoms with van der Waals surface area (Å²) in [4.78, 5) is 10.9. The van der Waals surface area contributed by atoms with Crippen LogP contribution in [0.25, 0.3) is 0 Å². The number of amides is 1. The van der Waals surface area contributed by atoms with E-state index in [0.717, 1.165) is 0 Å². The Labute approximate surface area is 104 Å². The molecule has 0 bridgehead atoms. The fraction of sp³-hybridized carbons (Fsp3) is 0.200. The number of nitrogens with zero attached hydrogens (tertiary/aromatic N) is 1. The van der Waals surface area contributed by atoms with Gasteiger partial charge in [0.15, 0.2) is 9.84 Å². The van der Waals surface area contributed by atoms with Gasteiger partial charge in [-0.2, -0.15) is 0 Å². The standard InChI is InChI=1S/C10H13N3O4S/c11-12-10(14)7-18(16,17)6-9(13-15)8-4-2-1-3-5-8/h1-5,15H,6-7,11H2,(H,12,14)/b13-9-. The van der Waals surface area contributed by atoms with Crippen LogP contribution in [-0.2, 0) is 14.6 Å². The Hall–Kier alpha value is -1.93. The molecule has 0 spiro atoms. The molecule has 8 heteroatoms. The fourth-order valence-corrected chi connectivity index (χ4v) is 2.53. The normalized spacial score (nSPS) is 12.2. The van der Waals surface area contributed by atoms with Gasteiger partial charge in [-0.15, -0.1) is 0 Å². The minimum absolute atomic E-state index is 0.0274. The van der Waals surface area contributed by atoms with Crippen molar-refractivity contribution >= 4 is 21.5 Å². The molecule has 0 aromatic heterocycles. The molecule has 0 saturated heterocycles. The summed E-state index contributed by atoms with van der Waals surface area (Å²) in [6, 6.07) is 8.31. The number of sulfone groups is 1. The van der Waals surface area contributed by atoms with Crippen molar-refractivity contribution in [3.05, 3.63) is 35.9 Å². The first-order valence-corrected chi connectivity index (χ1v) is 6.77. The van der Waals surface area contributed by atoms with Gasteiger partial charge in [-0.25, -0.2) is 14.3 Å². The van der Waals surface area contributed by atoms with Crippen molar-refractivity contribution in [3.63, 3.8) is 0 Å². The zero-order chi connectivity index (χ0) is 13.6. The zero-order valence-corrected chi connectivity index (χ0v) is 10.2. The van der Waals surface area contributed by atoms with E-state index in [1.807, 2.05) is 0 Å². The Balaban J connectivity index is 2.86. The lowest BCUT2D eigenvalue weighted by Gasteiger charge is -2.05. The van der Waals surface area contributed by atoms with Crippen LogP contribution in [0.5, 0.6) is 0 Å². The molecule has 0 saturated carbocycles. The SMILES string of the molecule is NNC(=O)CS(=O)(=O)C/C(=N/O)c1ccccc1. The first kappa shape index (κ1) is 14.1. The smallest absolute Gasteiger partial charge is 0.249 e. The van der Waals surface area contributed by atoms with Gasteiger partial charge in [-0.05, 0) is 0 Å². The number of hydrazine groups is 1. The second-order valence-corrected chi connectivity index (χ2v) is 5.58. The van der Waals surface area contributed by atoms with E-state index in [9.17, 15) is 13.2 Å². The molecule has 7 nitrogen and oxygen atoms in total. The van der Waals surface area contributed by atoms with Crippen LogP contribution in [-0.4, -0.2) is 36.7 Å². The van der Waals surface area contributed by atoms with Crippen molar-refractivity contribution in [1.29, 1.82) is 0 Å². The van der Waals surface area contributed by atoms with Crippen LogP contribution < -0.4 is 11.3 Å². The summed E-state index contributed by atoms with van der Waals surface area (Å²) in [7, 11) is -3.74. The summed E-state index contributed by atoms with van der Waals surface area (Å²) >= 11 is 0. The molecule has 0 aliphatic heterocycles. The first-order valence-electron chi connectivity index (χ1n) is 4.94. The van der Waals surface area contributed by atoms with Crippen molar-refractivity contribution in [3.8, 4) is 0 Å². The van der Waals surface area contributed by atoms with E-state index in [1.165, 1.54) is 0 Å². The monoisotopic (exact) mass is 271 g/mol. The predicted molar refractivity (Wildman–Crippen MR) is 65.7 cm³/mol. The molecule has 0 fully saturated rings. The quantitative estimate of drug-likeness (QED) is 0.214. The Bertz CT molecular complexity index is 540. The lowest BCUT2D eigenvalue weighted by molar-refractivity contribution is -0.118. The summed E-state index contributed by atoms with van der Waals surface area (Å²) in [5.74, 6) is 2.70. The molecule has 98 valence electrons. The average molecular weight is 271 g/mol. The van der Waals surface area contributed by atoms with Gasteiger partial charge >= 0.3 is 0 Å². The van der Waals surface area contributed by atoms with E-state index >= 15 is 0 Å². The molecule has 0 atom stereocenters. The van der Waals surface area contributed by atoms with Crippen molar-refractivity contribution in [2.24, 2.45) is 11.0 Å². The van der Waals surface area contributed by atoms with Crippen LogP contribution >= 0.6 is 0 Å². The minimum Gasteiger partial charge on any atom is -0.411 e. The number of nitrogens with two attached hydrogens (primary N) is 1. The highest BCUT2D eigenvalue weighted by Gasteiger charge is 2.20. The maximum absolute atomic E-state index is 11.6. The summed E-state index contributed by atoms with van der Waals surface area (Å²) in [6.45, 7) is 0. The highest BCUT2D eigenvalue weighted by atomic mass is 32.2. The molecular weight excluding hydrogens is 258 g/mol. The number of rotatable bonds is 5. The molecule has 18 heavy (non-hydrogen) atoms. The van der Waals surface area contributed by atoms with E-state index in [-0.39, 0.29) is 5.71 Å². The summed E-state index contributed by atoms with van der Waals surface area (Å²) < 4.78 is 23.3. The lowest BCUT2D eigenvalue weighted by Crippen LogP contribution is -2.37. The Kier molecular flexibility index (Phi) is 4.81. The van der Waals surface area contributed by atoms with Crippen LogP contribution in [0, 0.1) is 0 Å². The summed E-state index contributed by atoms with van der Waals surface area (Å²) in [6.07, 6.45) is 0. The van der Waals surface area contributed by atoms with Gasteiger partial charge in [0.2, 0.25) is 5.91 Å². The maximum Gasteiger partial charge on any atom is 0.249 e. The van der Waals surface area contributed by atoms with Crippen LogP contribution in [0.15, 0.2) is 35.5 Å². The molecule has 1 aromatic carbocycles. The number of nitrogens with one attached hydrogen (secondary N) is 1. The topological polar surface area (TPSA) is 122 Å². The largest absolute Gasteiger partial charge is 0.411 e.